The number of hydrogen-bond acceptors (Lipinski definition) is 3. The molecule has 3 aromatic rings. The molecule has 0 radical (unpaired) electrons. The smallest absolute Gasteiger partial charge is 0.253 e. The van der Waals surface area contributed by atoms with E-state index < -0.39 is 0 Å². The molecule has 2 heterocycles. The Bertz CT molecular complexity index is 974. The fourth-order valence-corrected chi connectivity index (χ4v) is 4.11. The van der Waals surface area contributed by atoms with Gasteiger partial charge in [-0.25, -0.2) is 0 Å². The van der Waals surface area contributed by atoms with Crippen molar-refractivity contribution in [3.05, 3.63) is 54.2 Å². The second-order valence-corrected chi connectivity index (χ2v) is 8.09. The Morgan fingerprint density at radius 2 is 1.81 bits per heavy atom. The first-order chi connectivity index (χ1) is 13.1. The van der Waals surface area contributed by atoms with Crippen LogP contribution < -0.4 is 5.32 Å². The number of aromatic nitrogens is 1. The van der Waals surface area contributed by atoms with Gasteiger partial charge in [-0.1, -0.05) is 36.8 Å². The Kier molecular flexibility index (Phi) is 4.83. The molecule has 1 aliphatic heterocycles. The molecule has 4 rings (SSSR count). The van der Waals surface area contributed by atoms with Gasteiger partial charge in [0.1, 0.15) is 0 Å². The van der Waals surface area contributed by atoms with Crippen LogP contribution in [0.2, 0.25) is 0 Å². The van der Waals surface area contributed by atoms with E-state index in [0.29, 0.717) is 12.1 Å². The maximum absolute atomic E-state index is 13.1. The second-order valence-electron chi connectivity index (χ2n) is 8.09. The number of rotatable bonds is 4. The van der Waals surface area contributed by atoms with Gasteiger partial charge in [-0.05, 0) is 62.7 Å². The third-order valence-corrected chi connectivity index (χ3v) is 5.75. The number of nitrogens with one attached hydrogen (secondary N) is 1. The summed E-state index contributed by atoms with van der Waals surface area (Å²) in [5.74, 6) is -0.0467. The van der Waals surface area contributed by atoms with E-state index in [1.165, 1.54) is 19.3 Å². The molecule has 4 nitrogen and oxygen atoms in total. The number of amides is 1. The molecule has 1 saturated heterocycles. The summed E-state index contributed by atoms with van der Waals surface area (Å²) in [6, 6.07) is 14.1. The van der Waals surface area contributed by atoms with Gasteiger partial charge >= 0.3 is 0 Å². The van der Waals surface area contributed by atoms with Crippen molar-refractivity contribution in [2.45, 2.75) is 38.6 Å². The molecule has 1 aliphatic rings. The van der Waals surface area contributed by atoms with Crippen LogP contribution >= 0.6 is 0 Å². The van der Waals surface area contributed by atoms with Crippen molar-refractivity contribution in [1.29, 1.82) is 0 Å². The van der Waals surface area contributed by atoms with Crippen LogP contribution in [0.3, 0.4) is 0 Å². The quantitative estimate of drug-likeness (QED) is 0.701. The largest absolute Gasteiger partial charge is 0.350 e. The molecule has 2 aromatic carbocycles. The molecule has 0 unspecified atom stereocenters. The molecular formula is C23H27N3O. The Labute approximate surface area is 160 Å². The second kappa shape index (κ2) is 7.28. The Balaban J connectivity index is 1.62. The summed E-state index contributed by atoms with van der Waals surface area (Å²) in [6.07, 6.45) is 5.56. The normalized spacial score (nSPS) is 15.9. The van der Waals surface area contributed by atoms with Crippen molar-refractivity contribution in [3.8, 4) is 0 Å². The van der Waals surface area contributed by atoms with Gasteiger partial charge in [-0.15, -0.1) is 0 Å². The van der Waals surface area contributed by atoms with Crippen LogP contribution in [0, 0.1) is 0 Å². The zero-order chi connectivity index (χ0) is 18.9. The monoisotopic (exact) mass is 361 g/mol. The first-order valence-corrected chi connectivity index (χ1v) is 9.86. The van der Waals surface area contributed by atoms with Crippen molar-refractivity contribution in [2.24, 2.45) is 0 Å². The number of likely N-dealkylation sites (tertiary alicyclic amines) is 1. The van der Waals surface area contributed by atoms with E-state index in [1.54, 1.807) is 6.20 Å². The molecule has 0 spiro atoms. The molecule has 1 amide bonds. The molecule has 1 aromatic heterocycles. The number of hydrogen-bond donors (Lipinski definition) is 1. The van der Waals surface area contributed by atoms with Crippen LogP contribution in [-0.4, -0.2) is 41.0 Å². The first kappa shape index (κ1) is 17.9. The molecule has 4 heteroatoms. The maximum Gasteiger partial charge on any atom is 0.253 e. The first-order valence-electron chi connectivity index (χ1n) is 9.86. The summed E-state index contributed by atoms with van der Waals surface area (Å²) in [5, 5.41) is 6.40. The van der Waals surface area contributed by atoms with E-state index in [0.717, 1.165) is 34.8 Å². The third kappa shape index (κ3) is 3.54. The summed E-state index contributed by atoms with van der Waals surface area (Å²) >= 11 is 0. The minimum Gasteiger partial charge on any atom is -0.350 e. The Hall–Kier alpha value is -2.46. The van der Waals surface area contributed by atoms with Crippen LogP contribution in [0.25, 0.3) is 21.7 Å². The van der Waals surface area contributed by atoms with E-state index in [4.69, 9.17) is 0 Å². The summed E-state index contributed by atoms with van der Waals surface area (Å²) in [5.41, 5.74) is 1.37. The number of carbonyl (C=O) groups is 1. The molecule has 140 valence electrons. The van der Waals surface area contributed by atoms with Gasteiger partial charge in [-0.2, -0.15) is 0 Å². The highest BCUT2D eigenvalue weighted by Crippen LogP contribution is 2.27. The average Bonchev–Trinajstić information content (AvgIpc) is 2.72. The van der Waals surface area contributed by atoms with Gasteiger partial charge in [0.25, 0.3) is 5.91 Å². The van der Waals surface area contributed by atoms with Crippen molar-refractivity contribution < 1.29 is 4.79 Å². The molecule has 0 atom stereocenters. The fraction of sp³-hybridized carbons (Fsp3) is 0.391. The zero-order valence-electron chi connectivity index (χ0n) is 16.2. The lowest BCUT2D eigenvalue weighted by molar-refractivity contribution is 0.0798. The third-order valence-electron chi connectivity index (χ3n) is 5.75. The number of piperidine rings is 1. The molecule has 0 bridgehead atoms. The van der Waals surface area contributed by atoms with Crippen molar-refractivity contribution in [2.75, 3.05) is 19.6 Å². The maximum atomic E-state index is 13.1. The highest BCUT2D eigenvalue weighted by molar-refractivity contribution is 6.15. The highest BCUT2D eigenvalue weighted by atomic mass is 16.1. The van der Waals surface area contributed by atoms with E-state index in [1.807, 2.05) is 30.3 Å². The lowest BCUT2D eigenvalue weighted by atomic mass is 9.97. The van der Waals surface area contributed by atoms with Crippen LogP contribution in [0.1, 0.15) is 43.5 Å². The van der Waals surface area contributed by atoms with E-state index in [-0.39, 0.29) is 11.4 Å². The molecule has 0 saturated carbocycles. The summed E-state index contributed by atoms with van der Waals surface area (Å²) in [4.78, 5) is 20.1. The van der Waals surface area contributed by atoms with Crippen LogP contribution in [-0.2, 0) is 0 Å². The van der Waals surface area contributed by atoms with E-state index in [2.05, 4.69) is 41.2 Å². The van der Waals surface area contributed by atoms with Crippen molar-refractivity contribution in [1.82, 2.24) is 15.2 Å². The van der Waals surface area contributed by atoms with Gasteiger partial charge in [-0.3, -0.25) is 14.7 Å². The molecule has 27 heavy (non-hydrogen) atoms. The van der Waals surface area contributed by atoms with Gasteiger partial charge in [0.2, 0.25) is 0 Å². The summed E-state index contributed by atoms with van der Waals surface area (Å²) in [6.45, 7) is 7.30. The summed E-state index contributed by atoms with van der Waals surface area (Å²) < 4.78 is 0. The lowest BCUT2D eigenvalue weighted by Gasteiger charge is -2.41. The van der Waals surface area contributed by atoms with Crippen LogP contribution in [0.15, 0.2) is 48.7 Å². The van der Waals surface area contributed by atoms with Crippen LogP contribution in [0.4, 0.5) is 0 Å². The summed E-state index contributed by atoms with van der Waals surface area (Å²) in [7, 11) is 0. The van der Waals surface area contributed by atoms with Gasteiger partial charge in [0.15, 0.2) is 0 Å². The van der Waals surface area contributed by atoms with Gasteiger partial charge in [0.05, 0.1) is 11.1 Å². The topological polar surface area (TPSA) is 45.2 Å². The zero-order valence-corrected chi connectivity index (χ0v) is 16.2. The van der Waals surface area contributed by atoms with E-state index >= 15 is 0 Å². The molecule has 1 N–H and O–H groups in total. The molecular weight excluding hydrogens is 334 g/mol. The number of fused-ring (bicyclic) bond motifs is 3. The Morgan fingerprint density at radius 3 is 2.63 bits per heavy atom. The lowest BCUT2D eigenvalue weighted by Crippen LogP contribution is -2.53. The highest BCUT2D eigenvalue weighted by Gasteiger charge is 2.28. The minimum absolute atomic E-state index is 0.0455. The average molecular weight is 361 g/mol. The molecule has 0 aliphatic carbocycles. The predicted octanol–water partition coefficient (Wildman–Crippen LogP) is 4.38. The van der Waals surface area contributed by atoms with Gasteiger partial charge < -0.3 is 5.32 Å². The van der Waals surface area contributed by atoms with Crippen molar-refractivity contribution in [3.63, 3.8) is 0 Å². The standard InChI is InChI=1S/C23H27N3O/c1-23(2,26-13-6-3-7-14-26)16-25-22(27)20-15-17-9-4-5-10-18(17)19-11-8-12-24-21(19)20/h4-5,8-12,15H,3,6-7,13-14,16H2,1-2H3,(H,25,27). The number of pyridine rings is 1. The van der Waals surface area contributed by atoms with Crippen molar-refractivity contribution >= 4 is 27.6 Å². The fourth-order valence-electron chi connectivity index (χ4n) is 4.11. The van der Waals surface area contributed by atoms with Gasteiger partial charge in [0, 0.05) is 23.7 Å². The number of nitrogens with zero attached hydrogens (tertiary/aromatic N) is 2. The Morgan fingerprint density at radius 1 is 1.07 bits per heavy atom. The number of benzene rings is 2. The van der Waals surface area contributed by atoms with E-state index in [9.17, 15) is 4.79 Å². The SMILES string of the molecule is CC(C)(CNC(=O)c1cc2ccccc2c2cccnc12)N1CCCCC1. The van der Waals surface area contributed by atoms with Crippen LogP contribution in [0.5, 0.6) is 0 Å². The molecule has 1 fully saturated rings. The predicted molar refractivity (Wildman–Crippen MR) is 111 cm³/mol. The minimum atomic E-state index is -0.0467. The number of carbonyl (C=O) groups excluding carboxylic acids is 1.